The molecule has 0 radical (unpaired) electrons. The number of allylic oxidation sites excluding steroid dienone is 1. The van der Waals surface area contributed by atoms with Crippen LogP contribution in [0, 0.1) is 5.92 Å². The first-order valence-electron chi connectivity index (χ1n) is 3.21. The van der Waals surface area contributed by atoms with Gasteiger partial charge in [0.25, 0.3) is 0 Å². The zero-order chi connectivity index (χ0) is 9.07. The Balaban J connectivity index is 3.64. The molecule has 1 nitrogen and oxygen atoms in total. The smallest absolute Gasteiger partial charge is 0.223 e. The van der Waals surface area contributed by atoms with Gasteiger partial charge in [-0.3, -0.25) is 0 Å². The lowest BCUT2D eigenvalue weighted by Crippen LogP contribution is -2.13. The van der Waals surface area contributed by atoms with Crippen LogP contribution < -0.4 is 0 Å². The second-order valence-electron chi connectivity index (χ2n) is 2.52. The molecule has 0 aliphatic heterocycles. The first kappa shape index (κ1) is 11.4. The van der Waals surface area contributed by atoms with Crippen molar-refractivity contribution in [3.8, 4) is 0 Å². The fourth-order valence-corrected chi connectivity index (χ4v) is 0.505. The molecule has 0 heterocycles. The van der Waals surface area contributed by atoms with E-state index in [9.17, 15) is 0 Å². The van der Waals surface area contributed by atoms with Crippen LogP contribution in [0.2, 0.25) is 0 Å². The zero-order valence-electron chi connectivity index (χ0n) is 6.53. The van der Waals surface area contributed by atoms with E-state index in [4.69, 9.17) is 39.5 Å². The van der Waals surface area contributed by atoms with Gasteiger partial charge in [0.15, 0.2) is 0 Å². The molecule has 0 aromatic rings. The van der Waals surface area contributed by atoms with Crippen molar-refractivity contribution < 1.29 is 4.74 Å². The summed E-state index contributed by atoms with van der Waals surface area (Å²) in [5, 5.41) is 0. The van der Waals surface area contributed by atoms with Crippen LogP contribution in [0.3, 0.4) is 0 Å². The van der Waals surface area contributed by atoms with Crippen LogP contribution in [0.25, 0.3) is 0 Å². The number of alkyl halides is 3. The van der Waals surface area contributed by atoms with Gasteiger partial charge in [0.05, 0.1) is 5.76 Å². The van der Waals surface area contributed by atoms with Crippen molar-refractivity contribution in [3.05, 3.63) is 12.3 Å². The summed E-state index contributed by atoms with van der Waals surface area (Å²) in [4.78, 5) is 0. The Morgan fingerprint density at radius 3 is 2.18 bits per heavy atom. The topological polar surface area (TPSA) is 9.23 Å². The Kier molecular flexibility index (Phi) is 4.60. The van der Waals surface area contributed by atoms with Gasteiger partial charge in [-0.05, 0) is 0 Å². The summed E-state index contributed by atoms with van der Waals surface area (Å²) in [5.41, 5.74) is 0. The molecule has 0 saturated carbocycles. The van der Waals surface area contributed by atoms with Crippen molar-refractivity contribution in [1.29, 1.82) is 0 Å². The highest BCUT2D eigenvalue weighted by Gasteiger charge is 2.21. The average molecular weight is 218 g/mol. The van der Waals surface area contributed by atoms with Gasteiger partial charge in [0.1, 0.15) is 6.61 Å². The first-order valence-corrected chi connectivity index (χ1v) is 4.34. The Morgan fingerprint density at radius 2 is 1.91 bits per heavy atom. The molecule has 0 aromatic carbocycles. The molecular formula is C7H11Cl3O. The fourth-order valence-electron chi connectivity index (χ4n) is 0.341. The molecule has 0 N–H and O–H groups in total. The van der Waals surface area contributed by atoms with Gasteiger partial charge in [-0.25, -0.2) is 0 Å². The first-order chi connectivity index (χ1) is 4.83. The van der Waals surface area contributed by atoms with E-state index in [2.05, 4.69) is 6.58 Å². The molecule has 0 rings (SSSR count). The molecule has 0 saturated heterocycles. The van der Waals surface area contributed by atoms with Crippen LogP contribution >= 0.6 is 34.8 Å². The Hall–Kier alpha value is 0.410. The molecule has 0 atom stereocenters. The molecule has 0 fully saturated rings. The Bertz CT molecular complexity index is 137. The zero-order valence-corrected chi connectivity index (χ0v) is 8.80. The van der Waals surface area contributed by atoms with Crippen molar-refractivity contribution in [2.75, 3.05) is 6.61 Å². The molecule has 0 aromatic heterocycles. The monoisotopic (exact) mass is 216 g/mol. The van der Waals surface area contributed by atoms with Gasteiger partial charge in [-0.1, -0.05) is 55.2 Å². The van der Waals surface area contributed by atoms with Crippen LogP contribution in [0.1, 0.15) is 13.8 Å². The molecule has 0 bridgehead atoms. The van der Waals surface area contributed by atoms with Crippen LogP contribution in [0.5, 0.6) is 0 Å². The molecule has 0 aliphatic rings. The van der Waals surface area contributed by atoms with E-state index in [-0.39, 0.29) is 12.5 Å². The summed E-state index contributed by atoms with van der Waals surface area (Å²) in [6.07, 6.45) is 0. The van der Waals surface area contributed by atoms with Gasteiger partial charge in [-0.15, -0.1) is 0 Å². The minimum Gasteiger partial charge on any atom is -0.494 e. The third-order valence-electron chi connectivity index (χ3n) is 1.07. The fraction of sp³-hybridized carbons (Fsp3) is 0.714. The van der Waals surface area contributed by atoms with E-state index in [1.807, 2.05) is 13.8 Å². The van der Waals surface area contributed by atoms with Crippen molar-refractivity contribution in [2.45, 2.75) is 17.6 Å². The van der Waals surface area contributed by atoms with E-state index in [1.54, 1.807) is 0 Å². The van der Waals surface area contributed by atoms with Crippen molar-refractivity contribution in [2.24, 2.45) is 5.92 Å². The molecule has 0 spiro atoms. The van der Waals surface area contributed by atoms with Gasteiger partial charge >= 0.3 is 0 Å². The Morgan fingerprint density at radius 1 is 1.45 bits per heavy atom. The highest BCUT2D eigenvalue weighted by molar-refractivity contribution is 6.67. The maximum Gasteiger partial charge on any atom is 0.223 e. The molecule has 66 valence electrons. The second kappa shape index (κ2) is 4.44. The summed E-state index contributed by atoms with van der Waals surface area (Å²) in [7, 11) is 0. The average Bonchev–Trinajstić information content (AvgIpc) is 1.80. The van der Waals surface area contributed by atoms with Gasteiger partial charge in [0.2, 0.25) is 3.79 Å². The quantitative estimate of drug-likeness (QED) is 0.519. The van der Waals surface area contributed by atoms with Crippen LogP contribution in [0.15, 0.2) is 12.3 Å². The van der Waals surface area contributed by atoms with Gasteiger partial charge < -0.3 is 4.74 Å². The predicted octanol–water partition coefficient (Wildman–Crippen LogP) is 3.54. The second-order valence-corrected chi connectivity index (χ2v) is 5.04. The summed E-state index contributed by atoms with van der Waals surface area (Å²) in [5.74, 6) is 0.888. The summed E-state index contributed by atoms with van der Waals surface area (Å²) < 4.78 is 3.73. The van der Waals surface area contributed by atoms with E-state index in [0.29, 0.717) is 5.76 Å². The Labute approximate surface area is 82.3 Å². The molecule has 11 heavy (non-hydrogen) atoms. The van der Waals surface area contributed by atoms with Crippen molar-refractivity contribution in [3.63, 3.8) is 0 Å². The third kappa shape index (κ3) is 6.79. The number of hydrogen-bond acceptors (Lipinski definition) is 1. The highest BCUT2D eigenvalue weighted by atomic mass is 35.6. The molecular weight excluding hydrogens is 206 g/mol. The van der Waals surface area contributed by atoms with Crippen molar-refractivity contribution in [1.82, 2.24) is 0 Å². The lowest BCUT2D eigenvalue weighted by Gasteiger charge is -2.15. The number of halogens is 3. The SMILES string of the molecule is C=C(OCC(Cl)(Cl)Cl)C(C)C. The molecule has 0 unspecified atom stereocenters. The number of hydrogen-bond donors (Lipinski definition) is 0. The summed E-state index contributed by atoms with van der Waals surface area (Å²) in [6.45, 7) is 7.63. The lowest BCUT2D eigenvalue weighted by molar-refractivity contribution is 0.192. The lowest BCUT2D eigenvalue weighted by atomic mass is 10.2. The van der Waals surface area contributed by atoms with Crippen LogP contribution in [-0.2, 0) is 4.74 Å². The van der Waals surface area contributed by atoms with Crippen molar-refractivity contribution >= 4 is 34.8 Å². The third-order valence-corrected chi connectivity index (χ3v) is 1.39. The van der Waals surface area contributed by atoms with Gasteiger partial charge in [0, 0.05) is 5.92 Å². The minimum absolute atomic E-state index is 0.0503. The normalized spacial score (nSPS) is 11.8. The van der Waals surface area contributed by atoms with E-state index in [0.717, 1.165) is 0 Å². The van der Waals surface area contributed by atoms with E-state index in [1.165, 1.54) is 0 Å². The number of ether oxygens (including phenoxy) is 1. The largest absolute Gasteiger partial charge is 0.494 e. The molecule has 0 aliphatic carbocycles. The summed E-state index contributed by atoms with van der Waals surface area (Å²) in [6, 6.07) is 0. The van der Waals surface area contributed by atoms with Crippen LogP contribution in [-0.4, -0.2) is 10.4 Å². The molecule has 4 heteroatoms. The van der Waals surface area contributed by atoms with Crippen LogP contribution in [0.4, 0.5) is 0 Å². The van der Waals surface area contributed by atoms with Gasteiger partial charge in [-0.2, -0.15) is 0 Å². The van der Waals surface area contributed by atoms with E-state index < -0.39 is 3.79 Å². The number of rotatable bonds is 3. The maximum absolute atomic E-state index is 5.45. The minimum atomic E-state index is -1.35. The molecule has 0 amide bonds. The maximum atomic E-state index is 5.45. The standard InChI is InChI=1S/C7H11Cl3O/c1-5(2)6(3)11-4-7(8,9)10/h5H,3-4H2,1-2H3. The highest BCUT2D eigenvalue weighted by Crippen LogP contribution is 2.27. The predicted molar refractivity (Wildman–Crippen MR) is 50.2 cm³/mol. The van der Waals surface area contributed by atoms with E-state index >= 15 is 0 Å². The summed E-state index contributed by atoms with van der Waals surface area (Å²) >= 11 is 16.3.